The van der Waals surface area contributed by atoms with E-state index < -0.39 is 11.7 Å². The third-order valence-electron chi connectivity index (χ3n) is 4.53. The maximum absolute atomic E-state index is 14.3. The third kappa shape index (κ3) is 3.09. The normalized spacial score (nSPS) is 11.1. The SMILES string of the molecule is CCn1c(=O)n(CC(=O)Nc2ccc(-n3cccn3)c(F)c2)c2ccccc21. The molecule has 0 fully saturated rings. The Kier molecular flexibility index (Phi) is 4.52. The number of hydrogen-bond donors (Lipinski definition) is 1. The Bertz CT molecular complexity index is 1210. The number of rotatable bonds is 5. The molecule has 8 heteroatoms. The van der Waals surface area contributed by atoms with Crippen molar-refractivity contribution in [1.29, 1.82) is 0 Å². The van der Waals surface area contributed by atoms with Gasteiger partial charge < -0.3 is 5.32 Å². The lowest BCUT2D eigenvalue weighted by Crippen LogP contribution is -2.29. The molecule has 1 N–H and O–H groups in total. The quantitative estimate of drug-likeness (QED) is 0.579. The van der Waals surface area contributed by atoms with Crippen LogP contribution in [-0.4, -0.2) is 24.8 Å². The summed E-state index contributed by atoms with van der Waals surface area (Å²) in [5.41, 5.74) is 1.80. The summed E-state index contributed by atoms with van der Waals surface area (Å²) in [7, 11) is 0. The molecule has 0 saturated heterocycles. The van der Waals surface area contributed by atoms with Gasteiger partial charge in [0.15, 0.2) is 5.82 Å². The molecule has 2 aromatic carbocycles. The van der Waals surface area contributed by atoms with Gasteiger partial charge in [-0.3, -0.25) is 13.9 Å². The van der Waals surface area contributed by atoms with Crippen LogP contribution in [0.2, 0.25) is 0 Å². The molecular weight excluding hydrogens is 361 g/mol. The predicted octanol–water partition coefficient (Wildman–Crippen LogP) is 2.79. The first-order valence-corrected chi connectivity index (χ1v) is 8.86. The molecule has 2 aromatic heterocycles. The van der Waals surface area contributed by atoms with Crippen molar-refractivity contribution >= 4 is 22.6 Å². The Morgan fingerprint density at radius 1 is 1.11 bits per heavy atom. The molecule has 1 amide bonds. The maximum Gasteiger partial charge on any atom is 0.329 e. The third-order valence-corrected chi connectivity index (χ3v) is 4.53. The number of aromatic nitrogens is 4. The van der Waals surface area contributed by atoms with Gasteiger partial charge in [-0.1, -0.05) is 12.1 Å². The van der Waals surface area contributed by atoms with Crippen molar-refractivity contribution in [3.8, 4) is 5.69 Å². The monoisotopic (exact) mass is 379 g/mol. The van der Waals surface area contributed by atoms with Gasteiger partial charge in [0.05, 0.1) is 11.0 Å². The Morgan fingerprint density at radius 2 is 1.86 bits per heavy atom. The highest BCUT2D eigenvalue weighted by Gasteiger charge is 2.15. The first-order chi connectivity index (χ1) is 13.6. The van der Waals surface area contributed by atoms with E-state index in [-0.39, 0.29) is 17.9 Å². The van der Waals surface area contributed by atoms with Gasteiger partial charge in [-0.05, 0) is 43.3 Å². The average Bonchev–Trinajstić information content (AvgIpc) is 3.29. The first-order valence-electron chi connectivity index (χ1n) is 8.86. The van der Waals surface area contributed by atoms with Gasteiger partial charge in [0, 0.05) is 24.6 Å². The summed E-state index contributed by atoms with van der Waals surface area (Å²) in [5.74, 6) is -0.923. The summed E-state index contributed by atoms with van der Waals surface area (Å²) in [5, 5.41) is 6.64. The van der Waals surface area contributed by atoms with Gasteiger partial charge in [-0.25, -0.2) is 13.9 Å². The molecule has 0 aliphatic rings. The zero-order valence-corrected chi connectivity index (χ0v) is 15.2. The largest absolute Gasteiger partial charge is 0.329 e. The minimum Gasteiger partial charge on any atom is -0.324 e. The van der Waals surface area contributed by atoms with Gasteiger partial charge >= 0.3 is 5.69 Å². The fourth-order valence-corrected chi connectivity index (χ4v) is 3.26. The fourth-order valence-electron chi connectivity index (χ4n) is 3.26. The van der Waals surface area contributed by atoms with Crippen molar-refractivity contribution in [3.05, 3.63) is 77.2 Å². The summed E-state index contributed by atoms with van der Waals surface area (Å²) in [4.78, 5) is 25.1. The van der Waals surface area contributed by atoms with Gasteiger partial charge in [0.25, 0.3) is 0 Å². The molecule has 0 aliphatic heterocycles. The van der Waals surface area contributed by atoms with E-state index in [0.717, 1.165) is 5.52 Å². The molecule has 0 radical (unpaired) electrons. The Balaban J connectivity index is 1.57. The Hall–Kier alpha value is -3.68. The average molecular weight is 379 g/mol. The van der Waals surface area contributed by atoms with Crippen LogP contribution in [0.4, 0.5) is 10.1 Å². The number of halogens is 1. The van der Waals surface area contributed by atoms with Gasteiger partial charge in [0.1, 0.15) is 12.2 Å². The number of fused-ring (bicyclic) bond motifs is 1. The molecule has 4 aromatic rings. The van der Waals surface area contributed by atoms with Crippen molar-refractivity contribution in [2.45, 2.75) is 20.0 Å². The number of hydrogen-bond acceptors (Lipinski definition) is 3. The van der Waals surface area contributed by atoms with Crippen LogP contribution in [0.5, 0.6) is 0 Å². The van der Waals surface area contributed by atoms with Crippen LogP contribution in [0.25, 0.3) is 16.7 Å². The van der Waals surface area contributed by atoms with Crippen molar-refractivity contribution in [2.75, 3.05) is 5.32 Å². The van der Waals surface area contributed by atoms with Gasteiger partial charge in [-0.15, -0.1) is 0 Å². The molecule has 28 heavy (non-hydrogen) atoms. The van der Waals surface area contributed by atoms with E-state index in [1.807, 2.05) is 25.1 Å². The number of para-hydroxylation sites is 2. The standard InChI is InChI=1S/C20H18FN5O2/c1-2-24-17-6-3-4-7-18(17)25(20(24)28)13-19(27)23-14-8-9-16(15(21)12-14)26-11-5-10-22-26/h3-12H,2,13H2,1H3,(H,23,27). The summed E-state index contributed by atoms with van der Waals surface area (Å²) >= 11 is 0. The second-order valence-electron chi connectivity index (χ2n) is 6.27. The van der Waals surface area contributed by atoms with Crippen LogP contribution in [0, 0.1) is 5.82 Å². The van der Waals surface area contributed by atoms with E-state index in [1.54, 1.807) is 35.2 Å². The highest BCUT2D eigenvalue weighted by atomic mass is 19.1. The van der Waals surface area contributed by atoms with E-state index >= 15 is 0 Å². The van der Waals surface area contributed by atoms with Crippen molar-refractivity contribution in [1.82, 2.24) is 18.9 Å². The minimum absolute atomic E-state index is 0.158. The molecule has 4 rings (SSSR count). The van der Waals surface area contributed by atoms with Gasteiger partial charge in [-0.2, -0.15) is 5.10 Å². The van der Waals surface area contributed by atoms with E-state index in [1.165, 1.54) is 21.4 Å². The van der Waals surface area contributed by atoms with Gasteiger partial charge in [0.2, 0.25) is 5.91 Å². The smallest absolute Gasteiger partial charge is 0.324 e. The predicted molar refractivity (Wildman–Crippen MR) is 104 cm³/mol. The lowest BCUT2D eigenvalue weighted by molar-refractivity contribution is -0.116. The molecule has 0 spiro atoms. The topological polar surface area (TPSA) is 73.8 Å². The molecule has 0 bridgehead atoms. The number of imidazole rings is 1. The van der Waals surface area contributed by atoms with Crippen LogP contribution >= 0.6 is 0 Å². The number of aryl methyl sites for hydroxylation is 1. The van der Waals surface area contributed by atoms with E-state index in [9.17, 15) is 14.0 Å². The summed E-state index contributed by atoms with van der Waals surface area (Å²) in [6.07, 6.45) is 3.19. The van der Waals surface area contributed by atoms with Crippen molar-refractivity contribution < 1.29 is 9.18 Å². The van der Waals surface area contributed by atoms with Crippen LogP contribution in [0.1, 0.15) is 6.92 Å². The van der Waals surface area contributed by atoms with Crippen molar-refractivity contribution in [2.24, 2.45) is 0 Å². The van der Waals surface area contributed by atoms with E-state index in [4.69, 9.17) is 0 Å². The van der Waals surface area contributed by atoms with E-state index in [0.29, 0.717) is 17.7 Å². The fraction of sp³-hybridized carbons (Fsp3) is 0.150. The second kappa shape index (κ2) is 7.15. The molecule has 0 unspecified atom stereocenters. The minimum atomic E-state index is -0.513. The molecule has 2 heterocycles. The number of carbonyl (C=O) groups excluding carboxylic acids is 1. The maximum atomic E-state index is 14.3. The summed E-state index contributed by atoms with van der Waals surface area (Å²) in [6, 6.07) is 13.4. The lowest BCUT2D eigenvalue weighted by Gasteiger charge is -2.09. The molecule has 7 nitrogen and oxygen atoms in total. The molecular formula is C20H18FN5O2. The molecule has 0 saturated carbocycles. The zero-order valence-electron chi connectivity index (χ0n) is 15.2. The lowest BCUT2D eigenvalue weighted by atomic mass is 10.2. The van der Waals surface area contributed by atoms with E-state index in [2.05, 4.69) is 10.4 Å². The Labute approximate surface area is 159 Å². The number of nitrogens with one attached hydrogen (secondary N) is 1. The number of carbonyl (C=O) groups is 1. The summed E-state index contributed by atoms with van der Waals surface area (Å²) in [6.45, 7) is 2.23. The van der Waals surface area contributed by atoms with Crippen LogP contribution < -0.4 is 11.0 Å². The zero-order chi connectivity index (χ0) is 19.7. The Morgan fingerprint density at radius 3 is 2.50 bits per heavy atom. The van der Waals surface area contributed by atoms with Crippen LogP contribution in [0.15, 0.2) is 65.7 Å². The van der Waals surface area contributed by atoms with Crippen LogP contribution in [-0.2, 0) is 17.9 Å². The molecule has 0 aliphatic carbocycles. The number of amides is 1. The number of anilines is 1. The highest BCUT2D eigenvalue weighted by Crippen LogP contribution is 2.18. The van der Waals surface area contributed by atoms with Crippen LogP contribution in [0.3, 0.4) is 0 Å². The summed E-state index contributed by atoms with van der Waals surface area (Å²) < 4.78 is 18.8. The molecule has 0 atom stereocenters. The molecule has 142 valence electrons. The number of benzene rings is 2. The highest BCUT2D eigenvalue weighted by molar-refractivity contribution is 5.91. The second-order valence-corrected chi connectivity index (χ2v) is 6.27. The van der Waals surface area contributed by atoms with Crippen molar-refractivity contribution in [3.63, 3.8) is 0 Å². The number of nitrogens with zero attached hydrogens (tertiary/aromatic N) is 4. The first kappa shape index (κ1) is 17.7.